The summed E-state index contributed by atoms with van der Waals surface area (Å²) in [6.45, 7) is 4.65. The van der Waals surface area contributed by atoms with Crippen molar-refractivity contribution in [1.82, 2.24) is 15.3 Å². The second-order valence-corrected chi connectivity index (χ2v) is 6.10. The van der Waals surface area contributed by atoms with E-state index in [-0.39, 0.29) is 5.82 Å². The maximum absolute atomic E-state index is 14.0. The van der Waals surface area contributed by atoms with Gasteiger partial charge in [0.2, 0.25) is 0 Å². The van der Waals surface area contributed by atoms with Gasteiger partial charge in [0, 0.05) is 34.8 Å². The molecule has 6 heteroatoms. The minimum absolute atomic E-state index is 0.208. The minimum Gasteiger partial charge on any atom is -0.358 e. The Balaban J connectivity index is 1.84. The third kappa shape index (κ3) is 4.15. The monoisotopic (exact) mass is 366 g/mol. The number of para-hydroxylation sites is 1. The molecule has 0 radical (unpaired) electrons. The number of benzene rings is 2. The molecule has 0 unspecified atom stereocenters. The Labute approximate surface area is 157 Å². The van der Waals surface area contributed by atoms with E-state index in [9.17, 15) is 4.39 Å². The Bertz CT molecular complexity index is 961. The van der Waals surface area contributed by atoms with Crippen molar-refractivity contribution in [3.63, 3.8) is 0 Å². The highest BCUT2D eigenvalue weighted by atomic mass is 32.1. The van der Waals surface area contributed by atoms with Gasteiger partial charge in [0.15, 0.2) is 5.11 Å². The number of nitrogens with zero attached hydrogens (tertiary/aromatic N) is 2. The first-order chi connectivity index (χ1) is 12.7. The first-order valence-electron chi connectivity index (χ1n) is 8.18. The molecule has 26 heavy (non-hydrogen) atoms. The van der Waals surface area contributed by atoms with Crippen LogP contribution >= 0.6 is 12.2 Å². The van der Waals surface area contributed by atoms with E-state index in [0.29, 0.717) is 23.8 Å². The molecule has 0 fully saturated rings. The lowest BCUT2D eigenvalue weighted by atomic mass is 10.2. The Morgan fingerprint density at radius 1 is 1.19 bits per heavy atom. The van der Waals surface area contributed by atoms with E-state index >= 15 is 0 Å². The van der Waals surface area contributed by atoms with Gasteiger partial charge in [0.05, 0.1) is 12.8 Å². The number of nitrogens with one attached hydrogen (secondary N) is 2. The fraction of sp³-hybridized carbons (Fsp3) is 0.100. The molecule has 4 nitrogen and oxygen atoms in total. The summed E-state index contributed by atoms with van der Waals surface area (Å²) < 4.78 is 16.0. The van der Waals surface area contributed by atoms with Gasteiger partial charge in [0.25, 0.3) is 0 Å². The summed E-state index contributed by atoms with van der Waals surface area (Å²) in [6.07, 6.45) is 5.39. The topological polar surface area (TPSA) is 41.4 Å². The van der Waals surface area contributed by atoms with E-state index in [1.165, 1.54) is 6.07 Å². The Kier molecular flexibility index (Phi) is 5.76. The average Bonchev–Trinajstić information content (AvgIpc) is 3.00. The van der Waals surface area contributed by atoms with Crippen LogP contribution in [0, 0.1) is 5.82 Å². The Morgan fingerprint density at radius 3 is 2.77 bits per heavy atom. The average molecular weight is 366 g/mol. The van der Waals surface area contributed by atoms with Crippen LogP contribution in [0.4, 0.5) is 4.39 Å². The van der Waals surface area contributed by atoms with Crippen molar-refractivity contribution in [2.45, 2.75) is 6.54 Å². The number of halogens is 1. The first kappa shape index (κ1) is 17.8. The SMILES string of the molecule is C=CCNC(=S)NN=Cc1cn(Cc2ccccc2F)c2ccccc12. The van der Waals surface area contributed by atoms with Crippen molar-refractivity contribution < 1.29 is 4.39 Å². The van der Waals surface area contributed by atoms with Crippen molar-refractivity contribution in [1.29, 1.82) is 0 Å². The van der Waals surface area contributed by atoms with Gasteiger partial charge in [0.1, 0.15) is 5.82 Å². The molecule has 132 valence electrons. The fourth-order valence-electron chi connectivity index (χ4n) is 2.68. The lowest BCUT2D eigenvalue weighted by Gasteiger charge is -2.06. The van der Waals surface area contributed by atoms with E-state index in [4.69, 9.17) is 12.2 Å². The highest BCUT2D eigenvalue weighted by Gasteiger charge is 2.09. The van der Waals surface area contributed by atoms with Gasteiger partial charge in [-0.2, -0.15) is 5.10 Å². The number of hydrogen-bond acceptors (Lipinski definition) is 2. The van der Waals surface area contributed by atoms with Crippen LogP contribution in [-0.2, 0) is 6.54 Å². The standard InChI is InChI=1S/C20H19FN4S/c1-2-11-22-20(26)24-23-12-16-14-25(19-10-6-4-8-17(16)19)13-15-7-3-5-9-18(15)21/h2-10,12,14H,1,11,13H2,(H2,22,24,26). The van der Waals surface area contributed by atoms with Crippen LogP contribution in [0.15, 0.2) is 72.5 Å². The number of aromatic nitrogens is 1. The van der Waals surface area contributed by atoms with Gasteiger partial charge in [-0.05, 0) is 24.4 Å². The molecule has 0 aliphatic rings. The lowest BCUT2D eigenvalue weighted by molar-refractivity contribution is 0.602. The van der Waals surface area contributed by atoms with Gasteiger partial charge in [-0.25, -0.2) is 4.39 Å². The van der Waals surface area contributed by atoms with E-state index in [2.05, 4.69) is 22.4 Å². The minimum atomic E-state index is -0.208. The van der Waals surface area contributed by atoms with Crippen molar-refractivity contribution in [2.75, 3.05) is 6.54 Å². The molecule has 1 heterocycles. The number of thiocarbonyl (C=S) groups is 1. The zero-order chi connectivity index (χ0) is 18.4. The van der Waals surface area contributed by atoms with E-state index < -0.39 is 0 Å². The lowest BCUT2D eigenvalue weighted by Crippen LogP contribution is -2.31. The van der Waals surface area contributed by atoms with Crippen LogP contribution in [0.1, 0.15) is 11.1 Å². The van der Waals surface area contributed by atoms with Gasteiger partial charge in [-0.1, -0.05) is 42.5 Å². The molecule has 0 aliphatic carbocycles. The number of fused-ring (bicyclic) bond motifs is 1. The molecular formula is C20H19FN4S. The quantitative estimate of drug-likeness (QED) is 0.302. The predicted octanol–water partition coefficient (Wildman–Crippen LogP) is 3.81. The molecule has 3 aromatic rings. The summed E-state index contributed by atoms with van der Waals surface area (Å²) in [5, 5.41) is 8.59. The molecule has 0 atom stereocenters. The second kappa shape index (κ2) is 8.40. The summed E-state index contributed by atoms with van der Waals surface area (Å²) in [4.78, 5) is 0. The molecule has 0 saturated heterocycles. The molecular weight excluding hydrogens is 347 g/mol. The van der Waals surface area contributed by atoms with Crippen LogP contribution in [0.3, 0.4) is 0 Å². The molecule has 3 rings (SSSR count). The van der Waals surface area contributed by atoms with Crippen LogP contribution in [0.2, 0.25) is 0 Å². The van der Waals surface area contributed by atoms with Crippen molar-refractivity contribution in [2.24, 2.45) is 5.10 Å². The normalized spacial score (nSPS) is 11.0. The first-order valence-corrected chi connectivity index (χ1v) is 8.59. The molecule has 0 saturated carbocycles. The number of hydrogen-bond donors (Lipinski definition) is 2. The second-order valence-electron chi connectivity index (χ2n) is 5.69. The Hall–Kier alpha value is -2.99. The number of rotatable bonds is 6. The maximum atomic E-state index is 14.0. The van der Waals surface area contributed by atoms with Gasteiger partial charge < -0.3 is 9.88 Å². The van der Waals surface area contributed by atoms with Gasteiger partial charge in [-0.15, -0.1) is 6.58 Å². The third-order valence-corrected chi connectivity index (χ3v) is 4.13. The van der Waals surface area contributed by atoms with Crippen LogP contribution in [-0.4, -0.2) is 22.4 Å². The molecule has 1 aromatic heterocycles. The summed E-state index contributed by atoms with van der Waals surface area (Å²) >= 11 is 5.11. The molecule has 0 amide bonds. The number of hydrazone groups is 1. The largest absolute Gasteiger partial charge is 0.358 e. The third-order valence-electron chi connectivity index (χ3n) is 3.89. The van der Waals surface area contributed by atoms with E-state index in [0.717, 1.165) is 16.5 Å². The maximum Gasteiger partial charge on any atom is 0.187 e. The van der Waals surface area contributed by atoms with E-state index in [1.807, 2.05) is 41.1 Å². The van der Waals surface area contributed by atoms with Gasteiger partial charge in [-0.3, -0.25) is 5.43 Å². The highest BCUT2D eigenvalue weighted by Crippen LogP contribution is 2.21. The molecule has 0 spiro atoms. The van der Waals surface area contributed by atoms with Gasteiger partial charge >= 0.3 is 0 Å². The summed E-state index contributed by atoms with van der Waals surface area (Å²) in [7, 11) is 0. The van der Waals surface area contributed by atoms with E-state index in [1.54, 1.807) is 24.4 Å². The summed E-state index contributed by atoms with van der Waals surface area (Å²) in [6, 6.07) is 14.8. The Morgan fingerprint density at radius 2 is 1.96 bits per heavy atom. The summed E-state index contributed by atoms with van der Waals surface area (Å²) in [5.74, 6) is -0.208. The zero-order valence-corrected chi connectivity index (χ0v) is 15.0. The van der Waals surface area contributed by atoms with Crippen molar-refractivity contribution >= 4 is 34.4 Å². The molecule has 2 aromatic carbocycles. The van der Waals surface area contributed by atoms with Crippen LogP contribution in [0.25, 0.3) is 10.9 Å². The predicted molar refractivity (Wildman–Crippen MR) is 109 cm³/mol. The highest BCUT2D eigenvalue weighted by molar-refractivity contribution is 7.80. The fourth-order valence-corrected chi connectivity index (χ4v) is 2.82. The van der Waals surface area contributed by atoms with Crippen LogP contribution in [0.5, 0.6) is 0 Å². The molecule has 0 bridgehead atoms. The van der Waals surface area contributed by atoms with Crippen molar-refractivity contribution in [3.8, 4) is 0 Å². The van der Waals surface area contributed by atoms with Crippen molar-refractivity contribution in [3.05, 3.63) is 84.3 Å². The van der Waals surface area contributed by atoms with Crippen LogP contribution < -0.4 is 10.7 Å². The molecule has 2 N–H and O–H groups in total. The molecule has 0 aliphatic heterocycles. The summed E-state index contributed by atoms with van der Waals surface area (Å²) in [5.41, 5.74) is 5.36. The zero-order valence-electron chi connectivity index (χ0n) is 14.2. The smallest absolute Gasteiger partial charge is 0.187 e.